The molecule has 0 amide bonds. The Bertz CT molecular complexity index is 565. The van der Waals surface area contributed by atoms with E-state index in [0.717, 1.165) is 0 Å². The number of ether oxygens (including phenoxy) is 2. The Morgan fingerprint density at radius 1 is 1.60 bits per heavy atom. The van der Waals surface area contributed by atoms with Gasteiger partial charge in [0.1, 0.15) is 12.2 Å². The van der Waals surface area contributed by atoms with Crippen LogP contribution in [0.25, 0.3) is 0 Å². The van der Waals surface area contributed by atoms with Gasteiger partial charge in [-0.15, -0.1) is 0 Å². The van der Waals surface area contributed by atoms with E-state index in [4.69, 9.17) is 14.7 Å². The van der Waals surface area contributed by atoms with Gasteiger partial charge in [-0.2, -0.15) is 5.26 Å². The van der Waals surface area contributed by atoms with Crippen LogP contribution in [0.15, 0.2) is 18.2 Å². The van der Waals surface area contributed by atoms with Crippen LogP contribution in [0.4, 0.5) is 11.4 Å². The van der Waals surface area contributed by atoms with E-state index < -0.39 is 10.7 Å². The van der Waals surface area contributed by atoms with Gasteiger partial charge in [0.15, 0.2) is 5.79 Å². The van der Waals surface area contributed by atoms with Crippen LogP contribution >= 0.6 is 0 Å². The third-order valence-corrected chi connectivity index (χ3v) is 2.92. The maximum Gasteiger partial charge on any atom is 0.270 e. The minimum Gasteiger partial charge on any atom is -0.381 e. The second-order valence-electron chi connectivity index (χ2n) is 4.93. The molecule has 0 bridgehead atoms. The van der Waals surface area contributed by atoms with Crippen LogP contribution < -0.4 is 5.32 Å². The molecule has 1 aromatic rings. The van der Waals surface area contributed by atoms with Gasteiger partial charge in [-0.1, -0.05) is 0 Å². The van der Waals surface area contributed by atoms with E-state index in [9.17, 15) is 10.1 Å². The average molecular weight is 277 g/mol. The van der Waals surface area contributed by atoms with Gasteiger partial charge in [0.05, 0.1) is 22.8 Å². The first-order valence-corrected chi connectivity index (χ1v) is 6.15. The van der Waals surface area contributed by atoms with E-state index in [1.807, 2.05) is 19.9 Å². The van der Waals surface area contributed by atoms with Crippen molar-refractivity contribution in [2.45, 2.75) is 25.7 Å². The molecule has 1 saturated heterocycles. The fourth-order valence-electron chi connectivity index (χ4n) is 1.98. The molecule has 0 radical (unpaired) electrons. The van der Waals surface area contributed by atoms with Crippen molar-refractivity contribution in [3.05, 3.63) is 33.9 Å². The topological polar surface area (TPSA) is 97.4 Å². The van der Waals surface area contributed by atoms with Gasteiger partial charge in [-0.05, 0) is 19.9 Å². The van der Waals surface area contributed by atoms with Crippen molar-refractivity contribution in [2.24, 2.45) is 0 Å². The molecule has 106 valence electrons. The highest BCUT2D eigenvalue weighted by molar-refractivity contribution is 5.61. The molecule has 1 N–H and O–H groups in total. The molecule has 1 aliphatic rings. The van der Waals surface area contributed by atoms with Gasteiger partial charge < -0.3 is 14.8 Å². The lowest BCUT2D eigenvalue weighted by Gasteiger charge is -2.17. The lowest BCUT2D eigenvalue weighted by molar-refractivity contribution is -0.384. The van der Waals surface area contributed by atoms with Crippen LogP contribution in [0.1, 0.15) is 19.4 Å². The molecule has 0 aromatic heterocycles. The predicted octanol–water partition coefficient (Wildman–Crippen LogP) is 2.03. The van der Waals surface area contributed by atoms with Crippen molar-refractivity contribution in [1.82, 2.24) is 0 Å². The van der Waals surface area contributed by atoms with Crippen molar-refractivity contribution in [2.75, 3.05) is 18.5 Å². The number of hydrogen-bond donors (Lipinski definition) is 1. The smallest absolute Gasteiger partial charge is 0.270 e. The van der Waals surface area contributed by atoms with Crippen LogP contribution in [0.2, 0.25) is 0 Å². The Hall–Kier alpha value is -2.17. The molecule has 0 spiro atoms. The van der Waals surface area contributed by atoms with Crippen LogP contribution in [-0.2, 0) is 9.47 Å². The number of rotatable bonds is 4. The van der Waals surface area contributed by atoms with Crippen molar-refractivity contribution >= 4 is 11.4 Å². The molecule has 1 atom stereocenters. The fraction of sp³-hybridized carbons (Fsp3) is 0.462. The third-order valence-electron chi connectivity index (χ3n) is 2.92. The van der Waals surface area contributed by atoms with E-state index in [1.165, 1.54) is 18.2 Å². The standard InChI is InChI=1S/C13H15N3O4/c1-13(2)19-8-11(20-13)7-15-12-4-3-10(16(17)18)5-9(12)6-14/h3-5,11,15H,7-8H2,1-2H3. The number of non-ortho nitro benzene ring substituents is 1. The Morgan fingerprint density at radius 2 is 2.35 bits per heavy atom. The van der Waals surface area contributed by atoms with Crippen LogP contribution in [-0.4, -0.2) is 30.0 Å². The number of nitrogens with one attached hydrogen (secondary N) is 1. The molecular weight excluding hydrogens is 262 g/mol. The summed E-state index contributed by atoms with van der Waals surface area (Å²) in [5, 5.41) is 22.7. The molecule has 0 aliphatic carbocycles. The molecule has 7 nitrogen and oxygen atoms in total. The van der Waals surface area contributed by atoms with Crippen molar-refractivity contribution in [3.63, 3.8) is 0 Å². The molecule has 1 fully saturated rings. The molecule has 1 aromatic carbocycles. The molecule has 7 heteroatoms. The lowest BCUT2D eigenvalue weighted by Crippen LogP contribution is -2.26. The Kier molecular flexibility index (Phi) is 3.88. The largest absolute Gasteiger partial charge is 0.381 e. The van der Waals surface area contributed by atoms with Gasteiger partial charge in [-0.25, -0.2) is 0 Å². The summed E-state index contributed by atoms with van der Waals surface area (Å²) < 4.78 is 11.1. The highest BCUT2D eigenvalue weighted by Gasteiger charge is 2.32. The highest BCUT2D eigenvalue weighted by Crippen LogP contribution is 2.24. The summed E-state index contributed by atoms with van der Waals surface area (Å²) in [4.78, 5) is 10.1. The Labute approximate surface area is 116 Å². The monoisotopic (exact) mass is 277 g/mol. The summed E-state index contributed by atoms with van der Waals surface area (Å²) in [7, 11) is 0. The molecular formula is C13H15N3O4. The molecule has 1 unspecified atom stereocenters. The van der Waals surface area contributed by atoms with Gasteiger partial charge in [-0.3, -0.25) is 10.1 Å². The Balaban J connectivity index is 2.03. The minimum atomic E-state index is -0.597. The first-order chi connectivity index (χ1) is 9.41. The molecule has 1 aliphatic heterocycles. The Morgan fingerprint density at radius 3 is 2.90 bits per heavy atom. The first kappa shape index (κ1) is 14.2. The maximum atomic E-state index is 10.7. The summed E-state index contributed by atoms with van der Waals surface area (Å²) in [5.74, 6) is -0.597. The molecule has 0 saturated carbocycles. The minimum absolute atomic E-state index is 0.103. The van der Waals surface area contributed by atoms with Crippen LogP contribution in [0, 0.1) is 21.4 Å². The fourth-order valence-corrected chi connectivity index (χ4v) is 1.98. The van der Waals surface area contributed by atoms with Crippen molar-refractivity contribution in [3.8, 4) is 6.07 Å². The zero-order valence-corrected chi connectivity index (χ0v) is 11.3. The van der Waals surface area contributed by atoms with Gasteiger partial charge >= 0.3 is 0 Å². The van der Waals surface area contributed by atoms with Crippen molar-refractivity contribution in [1.29, 1.82) is 5.26 Å². The molecule has 2 rings (SSSR count). The highest BCUT2D eigenvalue weighted by atomic mass is 16.7. The quantitative estimate of drug-likeness (QED) is 0.668. The van der Waals surface area contributed by atoms with Crippen LogP contribution in [0.5, 0.6) is 0 Å². The summed E-state index contributed by atoms with van der Waals surface area (Å²) in [6, 6.07) is 6.08. The number of nitro benzene ring substituents is 1. The maximum absolute atomic E-state index is 10.7. The zero-order valence-electron chi connectivity index (χ0n) is 11.3. The summed E-state index contributed by atoms with van der Waals surface area (Å²) in [5.41, 5.74) is 0.678. The SMILES string of the molecule is CC1(C)OCC(CNc2ccc([N+](=O)[O-])cc2C#N)O1. The number of hydrogen-bond acceptors (Lipinski definition) is 6. The van der Waals surface area contributed by atoms with Gasteiger partial charge in [0, 0.05) is 18.7 Å². The van der Waals surface area contributed by atoms with Crippen LogP contribution in [0.3, 0.4) is 0 Å². The summed E-state index contributed by atoms with van der Waals surface area (Å²) >= 11 is 0. The van der Waals surface area contributed by atoms with E-state index in [0.29, 0.717) is 18.8 Å². The number of anilines is 1. The van der Waals surface area contributed by atoms with E-state index >= 15 is 0 Å². The summed E-state index contributed by atoms with van der Waals surface area (Å²) in [6.07, 6.45) is -0.119. The summed E-state index contributed by atoms with van der Waals surface area (Å²) in [6.45, 7) is 4.60. The molecule has 20 heavy (non-hydrogen) atoms. The number of nitriles is 1. The average Bonchev–Trinajstić information content (AvgIpc) is 2.75. The third kappa shape index (κ3) is 3.23. The number of nitro groups is 1. The van der Waals surface area contributed by atoms with E-state index in [2.05, 4.69) is 5.32 Å². The normalized spacial score (nSPS) is 20.4. The first-order valence-electron chi connectivity index (χ1n) is 6.15. The molecule has 1 heterocycles. The van der Waals surface area contributed by atoms with E-state index in [1.54, 1.807) is 0 Å². The van der Waals surface area contributed by atoms with Crippen molar-refractivity contribution < 1.29 is 14.4 Å². The zero-order chi connectivity index (χ0) is 14.8. The second-order valence-corrected chi connectivity index (χ2v) is 4.93. The predicted molar refractivity (Wildman–Crippen MR) is 71.2 cm³/mol. The van der Waals surface area contributed by atoms with Gasteiger partial charge in [0.2, 0.25) is 0 Å². The lowest BCUT2D eigenvalue weighted by atomic mass is 10.1. The second kappa shape index (κ2) is 5.45. The van der Waals surface area contributed by atoms with Gasteiger partial charge in [0.25, 0.3) is 5.69 Å². The number of nitrogens with zero attached hydrogens (tertiary/aromatic N) is 2. The van der Waals surface area contributed by atoms with E-state index in [-0.39, 0.29) is 17.4 Å². The number of benzene rings is 1.